The molecule has 0 saturated heterocycles. The number of hydrogen-bond donors (Lipinski definition) is 0. The highest BCUT2D eigenvalue weighted by atomic mass is 15.1. The van der Waals surface area contributed by atoms with Crippen molar-refractivity contribution in [2.45, 2.75) is 0 Å². The number of para-hydroxylation sites is 4. The first-order valence-corrected chi connectivity index (χ1v) is 11.5. The van der Waals surface area contributed by atoms with Gasteiger partial charge in [0.05, 0.1) is 0 Å². The highest BCUT2D eigenvalue weighted by molar-refractivity contribution is 5.77. The van der Waals surface area contributed by atoms with Gasteiger partial charge in [-0.25, -0.2) is 0 Å². The number of anilines is 5. The molecule has 0 amide bonds. The van der Waals surface area contributed by atoms with Crippen LogP contribution < -0.4 is 9.80 Å². The molecule has 34 heavy (non-hydrogen) atoms. The van der Waals surface area contributed by atoms with E-state index < -0.39 is 0 Å². The van der Waals surface area contributed by atoms with E-state index in [0.717, 1.165) is 34.0 Å². The highest BCUT2D eigenvalue weighted by Crippen LogP contribution is 2.34. The van der Waals surface area contributed by atoms with E-state index in [-0.39, 0.29) is 0 Å². The number of hydrogen-bond acceptors (Lipinski definition) is 2. The maximum atomic E-state index is 2.27. The number of nitrogens with zero attached hydrogens (tertiary/aromatic N) is 2. The molecule has 0 radical (unpaired) electrons. The van der Waals surface area contributed by atoms with E-state index in [4.69, 9.17) is 0 Å². The van der Waals surface area contributed by atoms with Crippen LogP contribution in [0.15, 0.2) is 152 Å². The Bertz CT molecular complexity index is 1240. The molecule has 0 bridgehead atoms. The molecule has 0 unspecified atom stereocenters. The predicted octanol–water partition coefficient (Wildman–Crippen LogP) is 8.97. The van der Waals surface area contributed by atoms with E-state index in [1.54, 1.807) is 0 Å². The molecular weight excluding hydrogens is 412 g/mol. The third-order valence-corrected chi connectivity index (χ3v) is 5.66. The number of rotatable bonds is 7. The first-order chi connectivity index (χ1) is 16.9. The van der Waals surface area contributed by atoms with Crippen molar-refractivity contribution in [3.05, 3.63) is 157 Å². The molecule has 0 aromatic heterocycles. The molecule has 0 aliphatic heterocycles. The van der Waals surface area contributed by atoms with Gasteiger partial charge in [-0.1, -0.05) is 84.9 Å². The third kappa shape index (κ3) is 4.92. The molecule has 164 valence electrons. The first kappa shape index (κ1) is 21.3. The summed E-state index contributed by atoms with van der Waals surface area (Å²) in [5, 5.41) is 0. The molecule has 0 fully saturated rings. The fourth-order valence-electron chi connectivity index (χ4n) is 3.99. The Morgan fingerprint density at radius 3 is 1.12 bits per heavy atom. The summed E-state index contributed by atoms with van der Waals surface area (Å²) in [6.07, 6.45) is 4.28. The molecule has 0 spiro atoms. The Morgan fingerprint density at radius 1 is 0.353 bits per heavy atom. The summed E-state index contributed by atoms with van der Waals surface area (Å²) in [7, 11) is 0. The quantitative estimate of drug-likeness (QED) is 0.250. The summed E-state index contributed by atoms with van der Waals surface area (Å²) in [6, 6.07) is 50.5. The second kappa shape index (κ2) is 10.4. The maximum Gasteiger partial charge on any atom is 0.0462 e. The molecule has 2 nitrogen and oxygen atoms in total. The van der Waals surface area contributed by atoms with Crippen LogP contribution in [0.25, 0.3) is 6.08 Å². The van der Waals surface area contributed by atoms with E-state index >= 15 is 0 Å². The zero-order valence-electron chi connectivity index (χ0n) is 18.9. The van der Waals surface area contributed by atoms with E-state index in [2.05, 4.69) is 143 Å². The van der Waals surface area contributed by atoms with E-state index in [1.807, 2.05) is 24.3 Å². The minimum atomic E-state index is 1.12. The molecule has 0 aliphatic rings. The van der Waals surface area contributed by atoms with Crippen molar-refractivity contribution in [2.75, 3.05) is 9.80 Å². The molecule has 0 heterocycles. The second-order valence-corrected chi connectivity index (χ2v) is 7.95. The monoisotopic (exact) mass is 438 g/mol. The standard InChI is InChI=1S/C32H26N2/c1-5-13-28(14-6-1)33(29-15-7-2-8-16-29)26-25-27-21-23-32(24-22-27)34(30-17-9-3-10-18-30)31-19-11-4-12-20-31/h1-26H. The predicted molar refractivity (Wildman–Crippen MR) is 145 cm³/mol. The van der Waals surface area contributed by atoms with Gasteiger partial charge >= 0.3 is 0 Å². The van der Waals surface area contributed by atoms with Crippen LogP contribution in [0, 0.1) is 0 Å². The lowest BCUT2D eigenvalue weighted by molar-refractivity contribution is 1.28. The van der Waals surface area contributed by atoms with Gasteiger partial charge in [0.25, 0.3) is 0 Å². The largest absolute Gasteiger partial charge is 0.317 e. The van der Waals surface area contributed by atoms with Gasteiger partial charge in [-0.05, 0) is 72.3 Å². The first-order valence-electron chi connectivity index (χ1n) is 11.5. The van der Waals surface area contributed by atoms with Gasteiger partial charge in [0.15, 0.2) is 0 Å². The summed E-state index contributed by atoms with van der Waals surface area (Å²) in [6.45, 7) is 0. The Labute approximate surface area is 201 Å². The third-order valence-electron chi connectivity index (χ3n) is 5.66. The SMILES string of the molecule is C(=CN(c1ccccc1)c1ccccc1)c1ccc(N(c2ccccc2)c2ccccc2)cc1. The molecular formula is C32H26N2. The van der Waals surface area contributed by atoms with Crippen LogP contribution in [0.5, 0.6) is 0 Å². The van der Waals surface area contributed by atoms with Crippen molar-refractivity contribution in [3.63, 3.8) is 0 Å². The lowest BCUT2D eigenvalue weighted by Crippen LogP contribution is -2.09. The van der Waals surface area contributed by atoms with Gasteiger partial charge in [-0.2, -0.15) is 0 Å². The zero-order chi connectivity index (χ0) is 23.0. The van der Waals surface area contributed by atoms with Crippen molar-refractivity contribution in [2.24, 2.45) is 0 Å². The lowest BCUT2D eigenvalue weighted by Gasteiger charge is -2.25. The van der Waals surface area contributed by atoms with Gasteiger partial charge < -0.3 is 9.80 Å². The molecule has 0 N–H and O–H groups in total. The summed E-state index contributed by atoms with van der Waals surface area (Å²) >= 11 is 0. The topological polar surface area (TPSA) is 6.48 Å². The molecule has 2 heteroatoms. The molecule has 5 aromatic carbocycles. The average Bonchev–Trinajstić information content (AvgIpc) is 2.92. The van der Waals surface area contributed by atoms with Crippen molar-refractivity contribution < 1.29 is 0 Å². The van der Waals surface area contributed by atoms with Gasteiger partial charge in [0.2, 0.25) is 0 Å². The van der Waals surface area contributed by atoms with E-state index in [1.165, 1.54) is 0 Å². The minimum Gasteiger partial charge on any atom is -0.317 e. The van der Waals surface area contributed by atoms with Gasteiger partial charge in [0.1, 0.15) is 0 Å². The molecule has 0 aliphatic carbocycles. The summed E-state index contributed by atoms with van der Waals surface area (Å²) in [5.74, 6) is 0. The van der Waals surface area contributed by atoms with Gasteiger partial charge in [-0.15, -0.1) is 0 Å². The van der Waals surface area contributed by atoms with Crippen LogP contribution in [0.3, 0.4) is 0 Å². The van der Waals surface area contributed by atoms with Crippen molar-refractivity contribution in [1.82, 2.24) is 0 Å². The van der Waals surface area contributed by atoms with Crippen LogP contribution in [-0.2, 0) is 0 Å². The van der Waals surface area contributed by atoms with Crippen molar-refractivity contribution in [3.8, 4) is 0 Å². The fourth-order valence-corrected chi connectivity index (χ4v) is 3.99. The smallest absolute Gasteiger partial charge is 0.0462 e. The molecule has 5 rings (SSSR count). The van der Waals surface area contributed by atoms with Crippen LogP contribution >= 0.6 is 0 Å². The molecule has 0 atom stereocenters. The average molecular weight is 439 g/mol. The Hall–Kier alpha value is -4.56. The van der Waals surface area contributed by atoms with Crippen LogP contribution in [0.2, 0.25) is 0 Å². The minimum absolute atomic E-state index is 1.12. The van der Waals surface area contributed by atoms with Gasteiger partial charge in [0, 0.05) is 34.6 Å². The molecule has 0 saturated carbocycles. The Balaban J connectivity index is 1.45. The lowest BCUT2D eigenvalue weighted by atomic mass is 10.1. The zero-order valence-corrected chi connectivity index (χ0v) is 18.9. The van der Waals surface area contributed by atoms with Crippen LogP contribution in [-0.4, -0.2) is 0 Å². The summed E-state index contributed by atoms with van der Waals surface area (Å²) in [4.78, 5) is 4.47. The molecule has 5 aromatic rings. The van der Waals surface area contributed by atoms with Crippen LogP contribution in [0.1, 0.15) is 5.56 Å². The normalized spacial score (nSPS) is 10.8. The summed E-state index contributed by atoms with van der Waals surface area (Å²) in [5.41, 5.74) is 6.79. The van der Waals surface area contributed by atoms with Crippen LogP contribution in [0.4, 0.5) is 28.4 Å². The highest BCUT2D eigenvalue weighted by Gasteiger charge is 2.11. The number of benzene rings is 5. The second-order valence-electron chi connectivity index (χ2n) is 7.95. The Kier molecular flexibility index (Phi) is 6.50. The maximum absolute atomic E-state index is 2.27. The van der Waals surface area contributed by atoms with Crippen molar-refractivity contribution >= 4 is 34.5 Å². The van der Waals surface area contributed by atoms with Crippen molar-refractivity contribution in [1.29, 1.82) is 0 Å². The van der Waals surface area contributed by atoms with E-state index in [9.17, 15) is 0 Å². The Morgan fingerprint density at radius 2 is 0.706 bits per heavy atom. The fraction of sp³-hybridized carbons (Fsp3) is 0. The van der Waals surface area contributed by atoms with E-state index in [0.29, 0.717) is 0 Å². The summed E-state index contributed by atoms with van der Waals surface area (Å²) < 4.78 is 0. The van der Waals surface area contributed by atoms with Gasteiger partial charge in [-0.3, -0.25) is 0 Å².